The monoisotopic (exact) mass is 264 g/mol. The Balaban J connectivity index is 2.80. The first kappa shape index (κ1) is 12.0. The van der Waals surface area contributed by atoms with Gasteiger partial charge in [-0.2, -0.15) is 0 Å². The van der Waals surface area contributed by atoms with Crippen LogP contribution in [0.25, 0.3) is 4.91 Å². The molecule has 1 unspecified atom stereocenters. The fourth-order valence-corrected chi connectivity index (χ4v) is 4.51. The molecule has 1 aromatic carbocycles. The molecule has 2 rings (SSSR count). The Morgan fingerprint density at radius 2 is 1.78 bits per heavy atom. The minimum Gasteiger partial charge on any atom is -0.244 e. The largest absolute Gasteiger partial charge is 0.244 e. The molecule has 0 N–H and O–H groups in total. The number of hydrogen-bond donors (Lipinski definition) is 0. The third-order valence-corrected chi connectivity index (χ3v) is 6.18. The van der Waals surface area contributed by atoms with Crippen molar-refractivity contribution >= 4 is 14.6 Å². The summed E-state index contributed by atoms with van der Waals surface area (Å²) in [5.41, 5.74) is 0.164. The number of rotatable bonds is 1. The SMILES string of the molecule is [2H]C1=C(c2ccccc2)S(=O)(C(C)(C)C)=NC1(C)C. The molecule has 1 aromatic rings. The zero-order chi connectivity index (χ0) is 14.5. The Labute approximate surface area is 112 Å². The molecule has 0 aromatic heterocycles. The molecule has 0 spiro atoms. The molecule has 3 heteroatoms. The van der Waals surface area contributed by atoms with Gasteiger partial charge in [0, 0.05) is 0 Å². The summed E-state index contributed by atoms with van der Waals surface area (Å²) in [6, 6.07) is 9.92. The Morgan fingerprint density at radius 3 is 2.28 bits per heavy atom. The Hall–Kier alpha value is -1.09. The average molecular weight is 264 g/mol. The van der Waals surface area contributed by atoms with Gasteiger partial charge in [-0.3, -0.25) is 0 Å². The van der Waals surface area contributed by atoms with Gasteiger partial charge in [0.2, 0.25) is 0 Å². The van der Waals surface area contributed by atoms with Crippen molar-refractivity contribution in [3.63, 3.8) is 0 Å². The van der Waals surface area contributed by atoms with Gasteiger partial charge in [0.25, 0.3) is 0 Å². The molecule has 18 heavy (non-hydrogen) atoms. The van der Waals surface area contributed by atoms with E-state index >= 15 is 0 Å². The lowest BCUT2D eigenvalue weighted by molar-refractivity contribution is 0.628. The lowest BCUT2D eigenvalue weighted by atomic mass is 10.1. The van der Waals surface area contributed by atoms with E-state index in [2.05, 4.69) is 4.36 Å². The number of hydrogen-bond acceptors (Lipinski definition) is 2. The second-order valence-corrected chi connectivity index (χ2v) is 8.98. The van der Waals surface area contributed by atoms with Gasteiger partial charge in [0.15, 0.2) is 0 Å². The zero-order valence-corrected chi connectivity index (χ0v) is 12.5. The van der Waals surface area contributed by atoms with E-state index in [1.165, 1.54) is 0 Å². The molecule has 1 aliphatic rings. The standard InChI is InChI=1S/C15H21NOS/c1-14(2,3)18(17)13(11-15(4,5)16-18)12-9-7-6-8-10-12/h6-11H,1-5H3/i11D. The van der Waals surface area contributed by atoms with E-state index in [1.54, 1.807) is 0 Å². The number of benzene rings is 1. The van der Waals surface area contributed by atoms with Crippen molar-refractivity contribution in [3.8, 4) is 0 Å². The molecule has 1 heterocycles. The highest BCUT2D eigenvalue weighted by molar-refractivity contribution is 8.04. The van der Waals surface area contributed by atoms with Gasteiger partial charge < -0.3 is 0 Å². The Kier molecular flexibility index (Phi) is 2.63. The Bertz CT molecular complexity index is 644. The number of nitrogens with zero attached hydrogens (tertiary/aromatic N) is 1. The van der Waals surface area contributed by atoms with Gasteiger partial charge in [0.1, 0.15) is 0 Å². The zero-order valence-electron chi connectivity index (χ0n) is 12.7. The van der Waals surface area contributed by atoms with Crippen LogP contribution in [0.4, 0.5) is 0 Å². The van der Waals surface area contributed by atoms with E-state index in [0.29, 0.717) is 11.0 Å². The third-order valence-electron chi connectivity index (χ3n) is 2.92. The minimum absolute atomic E-state index is 0.374. The second kappa shape index (κ2) is 3.95. The Morgan fingerprint density at radius 1 is 1.22 bits per heavy atom. The topological polar surface area (TPSA) is 29.4 Å². The fraction of sp³-hybridized carbons (Fsp3) is 0.467. The average Bonchev–Trinajstić information content (AvgIpc) is 2.47. The summed E-state index contributed by atoms with van der Waals surface area (Å²) in [5.74, 6) is 0. The molecule has 2 nitrogen and oxygen atoms in total. The molecule has 1 atom stereocenters. The quantitative estimate of drug-likeness (QED) is 0.751. The third kappa shape index (κ3) is 2.12. The van der Waals surface area contributed by atoms with Crippen molar-refractivity contribution in [3.05, 3.63) is 41.9 Å². The summed E-state index contributed by atoms with van der Waals surface area (Å²) in [6.45, 7) is 9.50. The van der Waals surface area contributed by atoms with E-state index in [-0.39, 0.29) is 0 Å². The summed E-state index contributed by atoms with van der Waals surface area (Å²) in [4.78, 5) is 0.602. The first-order valence-corrected chi connectivity index (χ1v) is 7.66. The molecule has 0 amide bonds. The van der Waals surface area contributed by atoms with Gasteiger partial charge in [-0.15, -0.1) is 0 Å². The van der Waals surface area contributed by atoms with Crippen LogP contribution in [0, 0.1) is 0 Å². The molecular formula is C15H21NOS. The predicted octanol–water partition coefficient (Wildman–Crippen LogP) is 4.09. The lowest BCUT2D eigenvalue weighted by Crippen LogP contribution is -2.27. The van der Waals surface area contributed by atoms with Crippen molar-refractivity contribution in [2.24, 2.45) is 4.36 Å². The lowest BCUT2D eigenvalue weighted by Gasteiger charge is -2.24. The van der Waals surface area contributed by atoms with Crippen LogP contribution in [-0.4, -0.2) is 14.5 Å². The minimum atomic E-state index is -2.60. The maximum atomic E-state index is 13.4. The highest BCUT2D eigenvalue weighted by Crippen LogP contribution is 2.41. The van der Waals surface area contributed by atoms with E-state index in [1.807, 2.05) is 65.0 Å². The maximum absolute atomic E-state index is 13.4. The van der Waals surface area contributed by atoms with Gasteiger partial charge in [0.05, 0.1) is 26.3 Å². The predicted molar refractivity (Wildman–Crippen MR) is 78.8 cm³/mol. The maximum Gasteiger partial charge on any atom is 0.0844 e. The molecule has 0 bridgehead atoms. The van der Waals surface area contributed by atoms with Crippen LogP contribution >= 0.6 is 0 Å². The molecule has 0 radical (unpaired) electrons. The summed E-state index contributed by atoms with van der Waals surface area (Å²) in [6.07, 6.45) is 0. The van der Waals surface area contributed by atoms with Crippen molar-refractivity contribution in [2.45, 2.75) is 44.9 Å². The van der Waals surface area contributed by atoms with Crippen LogP contribution < -0.4 is 0 Å². The van der Waals surface area contributed by atoms with Gasteiger partial charge >= 0.3 is 0 Å². The molecule has 98 valence electrons. The van der Waals surface area contributed by atoms with Gasteiger partial charge in [-0.05, 0) is 46.2 Å². The summed E-state index contributed by atoms with van der Waals surface area (Å²) in [7, 11) is -2.60. The summed E-state index contributed by atoms with van der Waals surface area (Å²) < 4.78 is 25.8. The van der Waals surface area contributed by atoms with E-state index in [9.17, 15) is 4.21 Å². The molecule has 0 saturated heterocycles. The first-order chi connectivity index (χ1) is 8.59. The highest BCUT2D eigenvalue weighted by atomic mass is 32.2. The molecular weight excluding hydrogens is 242 g/mol. The van der Waals surface area contributed by atoms with E-state index < -0.39 is 20.0 Å². The van der Waals surface area contributed by atoms with Crippen LogP contribution in [0.2, 0.25) is 0 Å². The van der Waals surface area contributed by atoms with Gasteiger partial charge in [-0.1, -0.05) is 30.3 Å². The smallest absolute Gasteiger partial charge is 0.0844 e. The highest BCUT2D eigenvalue weighted by Gasteiger charge is 2.39. The fourth-order valence-electron chi connectivity index (χ4n) is 2.00. The summed E-state index contributed by atoms with van der Waals surface area (Å²) in [5, 5.41) is 0. The van der Waals surface area contributed by atoms with Crippen molar-refractivity contribution in [1.29, 1.82) is 0 Å². The van der Waals surface area contributed by atoms with E-state index in [4.69, 9.17) is 1.37 Å². The molecule has 0 aliphatic carbocycles. The van der Waals surface area contributed by atoms with Crippen molar-refractivity contribution < 1.29 is 5.58 Å². The molecule has 1 aliphatic heterocycles. The molecule has 0 saturated carbocycles. The second-order valence-electron chi connectivity index (χ2n) is 6.11. The normalized spacial score (nSPS) is 27.9. The van der Waals surface area contributed by atoms with Crippen LogP contribution in [-0.2, 0) is 9.73 Å². The van der Waals surface area contributed by atoms with Crippen LogP contribution in [0.15, 0.2) is 40.7 Å². The van der Waals surface area contributed by atoms with Gasteiger partial charge in [-0.25, -0.2) is 8.57 Å². The molecule has 0 fully saturated rings. The van der Waals surface area contributed by atoms with Crippen molar-refractivity contribution in [1.82, 2.24) is 0 Å². The van der Waals surface area contributed by atoms with E-state index in [0.717, 1.165) is 5.56 Å². The van der Waals surface area contributed by atoms with Crippen LogP contribution in [0.3, 0.4) is 0 Å². The first-order valence-electron chi connectivity index (χ1n) is 6.64. The summed E-state index contributed by atoms with van der Waals surface area (Å²) >= 11 is 0. The van der Waals surface area contributed by atoms with Crippen LogP contribution in [0.1, 0.15) is 41.6 Å². The van der Waals surface area contributed by atoms with Crippen LogP contribution in [0.5, 0.6) is 0 Å². The van der Waals surface area contributed by atoms with Crippen molar-refractivity contribution in [2.75, 3.05) is 0 Å².